The lowest BCUT2D eigenvalue weighted by atomic mass is 10.2. The van der Waals surface area contributed by atoms with Crippen molar-refractivity contribution in [2.24, 2.45) is 0 Å². The molecule has 0 aliphatic rings. The second kappa shape index (κ2) is 8.07. The van der Waals surface area contributed by atoms with Crippen LogP contribution in [0.5, 0.6) is 0 Å². The molecule has 0 aliphatic heterocycles. The maximum atomic E-state index is 12.8. The second-order valence-corrected chi connectivity index (χ2v) is 10.3. The van der Waals surface area contributed by atoms with E-state index in [-0.39, 0.29) is 9.77 Å². The quantitative estimate of drug-likeness (QED) is 0.410. The molecule has 0 atom stereocenters. The van der Waals surface area contributed by atoms with E-state index in [4.69, 9.17) is 23.2 Å². The fourth-order valence-corrected chi connectivity index (χ4v) is 5.39. The molecule has 0 saturated carbocycles. The van der Waals surface area contributed by atoms with Crippen LogP contribution in [0.4, 0.5) is 5.69 Å². The highest BCUT2D eigenvalue weighted by molar-refractivity contribution is 7.92. The van der Waals surface area contributed by atoms with Crippen molar-refractivity contribution in [2.45, 2.75) is 18.4 Å². The summed E-state index contributed by atoms with van der Waals surface area (Å²) in [5.74, 6) is 0. The Morgan fingerprint density at radius 1 is 1.00 bits per heavy atom. The van der Waals surface area contributed by atoms with Crippen LogP contribution < -0.4 is 9.60 Å². The standard InChI is InChI=1S/C21H16Cl2N2O3S2/c1-13-2-7-16(10-18(13)23)24-30(27,28)17-8-9-19-20(11-17)29-21(26)25(19)12-14-3-5-15(22)6-4-14/h2-11,24H,12H2,1H3. The van der Waals surface area contributed by atoms with Crippen LogP contribution in [0.25, 0.3) is 10.2 Å². The van der Waals surface area contributed by atoms with Crippen LogP contribution >= 0.6 is 34.5 Å². The summed E-state index contributed by atoms with van der Waals surface area (Å²) in [6, 6.07) is 16.9. The van der Waals surface area contributed by atoms with Gasteiger partial charge in [-0.15, -0.1) is 0 Å². The molecule has 0 bridgehead atoms. The first-order valence-corrected chi connectivity index (χ1v) is 12.0. The Bertz CT molecular complexity index is 1410. The highest BCUT2D eigenvalue weighted by atomic mass is 35.5. The van der Waals surface area contributed by atoms with Gasteiger partial charge < -0.3 is 0 Å². The zero-order valence-corrected chi connectivity index (χ0v) is 18.9. The summed E-state index contributed by atoms with van der Waals surface area (Å²) in [6.45, 7) is 2.22. The van der Waals surface area contributed by atoms with E-state index >= 15 is 0 Å². The third-order valence-electron chi connectivity index (χ3n) is 4.63. The number of thiazole rings is 1. The molecule has 0 spiro atoms. The maximum Gasteiger partial charge on any atom is 0.308 e. The molecule has 4 rings (SSSR count). The molecule has 30 heavy (non-hydrogen) atoms. The van der Waals surface area contributed by atoms with Crippen LogP contribution in [-0.2, 0) is 16.6 Å². The van der Waals surface area contributed by atoms with Gasteiger partial charge in [0.1, 0.15) is 0 Å². The Morgan fingerprint density at radius 3 is 2.43 bits per heavy atom. The van der Waals surface area contributed by atoms with Crippen LogP contribution in [0.2, 0.25) is 10.0 Å². The summed E-state index contributed by atoms with van der Waals surface area (Å²) in [5.41, 5.74) is 2.83. The van der Waals surface area contributed by atoms with Gasteiger partial charge in [0.25, 0.3) is 10.0 Å². The fourth-order valence-electron chi connectivity index (χ4n) is 3.01. The minimum absolute atomic E-state index is 0.0755. The largest absolute Gasteiger partial charge is 0.308 e. The summed E-state index contributed by atoms with van der Waals surface area (Å²) in [7, 11) is -3.83. The molecule has 1 N–H and O–H groups in total. The van der Waals surface area contributed by atoms with Crippen LogP contribution in [0, 0.1) is 6.92 Å². The number of hydrogen-bond donors (Lipinski definition) is 1. The molecule has 9 heteroatoms. The molecule has 0 saturated heterocycles. The van der Waals surface area contributed by atoms with Crippen molar-refractivity contribution in [3.63, 3.8) is 0 Å². The lowest BCUT2D eigenvalue weighted by molar-refractivity contribution is 0.601. The first-order valence-electron chi connectivity index (χ1n) is 8.90. The maximum absolute atomic E-state index is 12.8. The normalized spacial score (nSPS) is 11.7. The van der Waals surface area contributed by atoms with Gasteiger partial charge in [-0.2, -0.15) is 0 Å². The Balaban J connectivity index is 1.67. The topological polar surface area (TPSA) is 68.2 Å². The fraction of sp³-hybridized carbons (Fsp3) is 0.0952. The van der Waals surface area contributed by atoms with Gasteiger partial charge in [-0.3, -0.25) is 14.1 Å². The van der Waals surface area contributed by atoms with Gasteiger partial charge >= 0.3 is 4.87 Å². The Kier molecular flexibility index (Phi) is 5.63. The minimum Gasteiger partial charge on any atom is -0.294 e. The van der Waals surface area contributed by atoms with E-state index in [0.29, 0.717) is 32.5 Å². The van der Waals surface area contributed by atoms with Crippen LogP contribution in [0.1, 0.15) is 11.1 Å². The van der Waals surface area contributed by atoms with E-state index < -0.39 is 10.0 Å². The summed E-state index contributed by atoms with van der Waals surface area (Å²) in [5, 5.41) is 1.10. The van der Waals surface area contributed by atoms with Crippen molar-refractivity contribution in [1.29, 1.82) is 0 Å². The first kappa shape index (κ1) is 20.9. The second-order valence-electron chi connectivity index (χ2n) is 6.78. The van der Waals surface area contributed by atoms with E-state index in [2.05, 4.69) is 4.72 Å². The van der Waals surface area contributed by atoms with E-state index in [9.17, 15) is 13.2 Å². The number of anilines is 1. The van der Waals surface area contributed by atoms with Crippen molar-refractivity contribution in [3.05, 3.63) is 91.5 Å². The summed E-state index contributed by atoms with van der Waals surface area (Å²) in [4.78, 5) is 12.4. The molecular weight excluding hydrogens is 463 g/mol. The van der Waals surface area contributed by atoms with E-state index in [0.717, 1.165) is 22.5 Å². The highest BCUT2D eigenvalue weighted by Gasteiger charge is 2.17. The number of fused-ring (bicyclic) bond motifs is 1. The smallest absolute Gasteiger partial charge is 0.294 e. The van der Waals surface area contributed by atoms with E-state index in [1.54, 1.807) is 41.0 Å². The number of aryl methyl sites for hydroxylation is 1. The van der Waals surface area contributed by atoms with E-state index in [1.165, 1.54) is 12.1 Å². The molecule has 154 valence electrons. The molecule has 0 radical (unpaired) electrons. The SMILES string of the molecule is Cc1ccc(NS(=O)(=O)c2ccc3c(c2)sc(=O)n3Cc2ccc(Cl)cc2)cc1Cl. The van der Waals surface area contributed by atoms with Gasteiger partial charge in [0.15, 0.2) is 0 Å². The molecule has 0 amide bonds. The molecule has 3 aromatic carbocycles. The lowest BCUT2D eigenvalue weighted by Crippen LogP contribution is -2.14. The summed E-state index contributed by atoms with van der Waals surface area (Å²) < 4.78 is 30.4. The van der Waals surface area contributed by atoms with Crippen molar-refractivity contribution in [2.75, 3.05) is 4.72 Å². The van der Waals surface area contributed by atoms with Crippen molar-refractivity contribution in [1.82, 2.24) is 4.57 Å². The number of hydrogen-bond acceptors (Lipinski definition) is 4. The molecule has 1 heterocycles. The monoisotopic (exact) mass is 478 g/mol. The number of nitrogens with zero attached hydrogens (tertiary/aromatic N) is 1. The minimum atomic E-state index is -3.83. The van der Waals surface area contributed by atoms with E-state index in [1.807, 2.05) is 19.1 Å². The van der Waals surface area contributed by atoms with Gasteiger partial charge in [0, 0.05) is 10.0 Å². The third-order valence-corrected chi connectivity index (χ3v) is 7.61. The third kappa shape index (κ3) is 4.25. The zero-order valence-electron chi connectivity index (χ0n) is 15.7. The van der Waals surface area contributed by atoms with Crippen LogP contribution in [0.15, 0.2) is 70.4 Å². The average molecular weight is 479 g/mol. The Morgan fingerprint density at radius 2 is 1.73 bits per heavy atom. The van der Waals surface area contributed by atoms with Crippen molar-refractivity contribution >= 4 is 60.5 Å². The average Bonchev–Trinajstić information content (AvgIpc) is 3.01. The molecule has 0 fully saturated rings. The van der Waals surface area contributed by atoms with Gasteiger partial charge in [0.2, 0.25) is 0 Å². The Labute approximate surface area is 187 Å². The lowest BCUT2D eigenvalue weighted by Gasteiger charge is -2.10. The molecule has 0 aliphatic carbocycles. The van der Waals surface area contributed by atoms with Gasteiger partial charge in [0.05, 0.1) is 27.3 Å². The van der Waals surface area contributed by atoms with Gasteiger partial charge in [-0.25, -0.2) is 8.42 Å². The number of halogens is 2. The number of aromatic nitrogens is 1. The molecular formula is C21H16Cl2N2O3S2. The van der Waals surface area contributed by atoms with Gasteiger partial charge in [-0.1, -0.05) is 52.7 Å². The number of benzene rings is 3. The molecule has 5 nitrogen and oxygen atoms in total. The number of sulfonamides is 1. The van der Waals surface area contributed by atoms with Gasteiger partial charge in [-0.05, 0) is 60.5 Å². The first-order chi connectivity index (χ1) is 14.2. The summed E-state index contributed by atoms with van der Waals surface area (Å²) >= 11 is 13.0. The number of nitrogens with one attached hydrogen (secondary N) is 1. The predicted molar refractivity (Wildman–Crippen MR) is 124 cm³/mol. The van der Waals surface area contributed by atoms with Crippen molar-refractivity contribution < 1.29 is 8.42 Å². The van der Waals surface area contributed by atoms with Crippen LogP contribution in [-0.4, -0.2) is 13.0 Å². The van der Waals surface area contributed by atoms with Crippen LogP contribution in [0.3, 0.4) is 0 Å². The predicted octanol–water partition coefficient (Wildman–Crippen LogP) is 5.53. The number of rotatable bonds is 5. The zero-order chi connectivity index (χ0) is 21.5. The molecule has 0 unspecified atom stereocenters. The van der Waals surface area contributed by atoms with Crippen molar-refractivity contribution in [3.8, 4) is 0 Å². The summed E-state index contributed by atoms with van der Waals surface area (Å²) in [6.07, 6.45) is 0. The molecule has 1 aromatic heterocycles. The molecule has 4 aromatic rings. The highest BCUT2D eigenvalue weighted by Crippen LogP contribution is 2.26. The Hall–Kier alpha value is -2.32.